The third-order valence-electron chi connectivity index (χ3n) is 3.10. The van der Waals surface area contributed by atoms with E-state index in [2.05, 4.69) is 25.6 Å². The van der Waals surface area contributed by atoms with Crippen molar-refractivity contribution in [2.24, 2.45) is 0 Å². The highest BCUT2D eigenvalue weighted by atomic mass is 16.4. The molecule has 2 aromatic heterocycles. The summed E-state index contributed by atoms with van der Waals surface area (Å²) in [7, 11) is 1.86. The highest BCUT2D eigenvalue weighted by Gasteiger charge is 2.10. The van der Waals surface area contributed by atoms with Gasteiger partial charge in [-0.3, -0.25) is 0 Å². The van der Waals surface area contributed by atoms with E-state index in [9.17, 15) is 0 Å². The topological polar surface area (TPSA) is 75.9 Å². The van der Waals surface area contributed by atoms with Crippen molar-refractivity contribution in [2.45, 2.75) is 40.2 Å². The molecular weight excluding hydrogens is 254 g/mol. The third-order valence-corrected chi connectivity index (χ3v) is 3.10. The zero-order chi connectivity index (χ0) is 14.5. The predicted molar refractivity (Wildman–Crippen MR) is 78.9 cm³/mol. The molecular formula is C14H21N5O. The smallest absolute Gasteiger partial charge is 0.213 e. The molecule has 0 radical (unpaired) electrons. The number of anilines is 2. The summed E-state index contributed by atoms with van der Waals surface area (Å²) in [6, 6.07) is 0. The lowest BCUT2D eigenvalue weighted by molar-refractivity contribution is 0.465. The molecule has 0 saturated heterocycles. The molecule has 2 aromatic rings. The number of oxazole rings is 1. The number of nitrogens with one attached hydrogen (secondary N) is 2. The molecule has 2 heterocycles. The van der Waals surface area contributed by atoms with E-state index in [1.54, 1.807) is 6.20 Å². The maximum Gasteiger partial charge on any atom is 0.213 e. The first-order valence-electron chi connectivity index (χ1n) is 6.90. The van der Waals surface area contributed by atoms with Gasteiger partial charge in [-0.1, -0.05) is 13.8 Å². The summed E-state index contributed by atoms with van der Waals surface area (Å²) in [5, 5.41) is 6.36. The maximum absolute atomic E-state index is 5.57. The van der Waals surface area contributed by atoms with E-state index in [4.69, 9.17) is 4.42 Å². The minimum atomic E-state index is 0.518. The van der Waals surface area contributed by atoms with Crippen LogP contribution in [0, 0.1) is 6.92 Å². The average molecular weight is 275 g/mol. The Bertz CT molecular complexity index is 579. The quantitative estimate of drug-likeness (QED) is 0.843. The van der Waals surface area contributed by atoms with Crippen LogP contribution in [0.1, 0.15) is 36.9 Å². The number of rotatable bonds is 6. The van der Waals surface area contributed by atoms with Crippen LogP contribution < -0.4 is 10.6 Å². The van der Waals surface area contributed by atoms with Gasteiger partial charge in [-0.2, -0.15) is 0 Å². The van der Waals surface area contributed by atoms with Gasteiger partial charge in [-0.15, -0.1) is 0 Å². The van der Waals surface area contributed by atoms with Crippen molar-refractivity contribution >= 4 is 11.6 Å². The molecule has 0 saturated carbocycles. The van der Waals surface area contributed by atoms with Gasteiger partial charge in [-0.05, 0) is 6.92 Å². The van der Waals surface area contributed by atoms with Gasteiger partial charge in [0, 0.05) is 25.5 Å². The molecule has 6 nitrogen and oxygen atoms in total. The fraction of sp³-hybridized carbons (Fsp3) is 0.500. The van der Waals surface area contributed by atoms with Crippen LogP contribution in [-0.4, -0.2) is 22.0 Å². The van der Waals surface area contributed by atoms with E-state index in [1.165, 1.54) is 0 Å². The predicted octanol–water partition coefficient (Wildman–Crippen LogP) is 2.55. The Balaban J connectivity index is 2.15. The number of aromatic nitrogens is 3. The van der Waals surface area contributed by atoms with E-state index in [-0.39, 0.29) is 0 Å². The minimum Gasteiger partial charge on any atom is -0.444 e. The van der Waals surface area contributed by atoms with Gasteiger partial charge in [-0.25, -0.2) is 15.0 Å². The zero-order valence-electron chi connectivity index (χ0n) is 12.4. The molecule has 0 fully saturated rings. The number of aryl methyl sites for hydroxylation is 2. The Kier molecular flexibility index (Phi) is 4.55. The Labute approximate surface area is 119 Å². The van der Waals surface area contributed by atoms with Crippen LogP contribution in [0.2, 0.25) is 0 Å². The second-order valence-electron chi connectivity index (χ2n) is 4.49. The van der Waals surface area contributed by atoms with Crippen molar-refractivity contribution in [3.05, 3.63) is 29.2 Å². The highest BCUT2D eigenvalue weighted by molar-refractivity contribution is 5.56. The summed E-state index contributed by atoms with van der Waals surface area (Å²) in [4.78, 5) is 13.2. The summed E-state index contributed by atoms with van der Waals surface area (Å²) >= 11 is 0. The maximum atomic E-state index is 5.57. The second-order valence-corrected chi connectivity index (χ2v) is 4.49. The van der Waals surface area contributed by atoms with Gasteiger partial charge in [0.2, 0.25) is 5.89 Å². The van der Waals surface area contributed by atoms with Crippen molar-refractivity contribution in [2.75, 3.05) is 17.7 Å². The van der Waals surface area contributed by atoms with Crippen LogP contribution >= 0.6 is 0 Å². The Morgan fingerprint density at radius 1 is 1.15 bits per heavy atom. The molecule has 0 aromatic carbocycles. The fourth-order valence-corrected chi connectivity index (χ4v) is 1.89. The summed E-state index contributed by atoms with van der Waals surface area (Å²) < 4.78 is 5.57. The van der Waals surface area contributed by atoms with Crippen molar-refractivity contribution in [1.29, 1.82) is 0 Å². The zero-order valence-corrected chi connectivity index (χ0v) is 12.4. The number of nitrogens with zero attached hydrogens (tertiary/aromatic N) is 3. The van der Waals surface area contributed by atoms with Crippen molar-refractivity contribution in [3.8, 4) is 0 Å². The second kappa shape index (κ2) is 6.36. The summed E-state index contributed by atoms with van der Waals surface area (Å²) in [5.74, 6) is 4.04. The monoisotopic (exact) mass is 275 g/mol. The highest BCUT2D eigenvalue weighted by Crippen LogP contribution is 2.20. The summed E-state index contributed by atoms with van der Waals surface area (Å²) in [6.07, 6.45) is 3.41. The van der Waals surface area contributed by atoms with Gasteiger partial charge >= 0.3 is 0 Å². The van der Waals surface area contributed by atoms with Gasteiger partial charge in [0.15, 0.2) is 0 Å². The summed E-state index contributed by atoms with van der Waals surface area (Å²) in [5.41, 5.74) is 0.993. The molecule has 0 unspecified atom stereocenters. The molecule has 108 valence electrons. The molecule has 0 aliphatic rings. The lowest BCUT2D eigenvalue weighted by atomic mass is 10.3. The molecule has 0 amide bonds. The largest absolute Gasteiger partial charge is 0.444 e. The standard InChI is InChI=1S/C14H21N5O/c1-5-10-7-16-12(20-10)8-17-14-9(3)13(15-4)18-11(6-2)19-14/h7H,5-6,8H2,1-4H3,(H2,15,17,18,19). The third kappa shape index (κ3) is 3.07. The van der Waals surface area contributed by atoms with Gasteiger partial charge < -0.3 is 15.1 Å². The van der Waals surface area contributed by atoms with Gasteiger partial charge in [0.1, 0.15) is 23.2 Å². The van der Waals surface area contributed by atoms with Crippen LogP contribution in [0.25, 0.3) is 0 Å². The van der Waals surface area contributed by atoms with E-state index >= 15 is 0 Å². The van der Waals surface area contributed by atoms with Crippen LogP contribution in [0.3, 0.4) is 0 Å². The Morgan fingerprint density at radius 3 is 2.50 bits per heavy atom. The van der Waals surface area contributed by atoms with Crippen molar-refractivity contribution in [1.82, 2.24) is 15.0 Å². The van der Waals surface area contributed by atoms with E-state index in [1.807, 2.05) is 27.8 Å². The average Bonchev–Trinajstić information content (AvgIpc) is 2.94. The van der Waals surface area contributed by atoms with E-state index in [0.29, 0.717) is 12.4 Å². The number of hydrogen-bond donors (Lipinski definition) is 2. The molecule has 0 aliphatic carbocycles. The van der Waals surface area contributed by atoms with Crippen molar-refractivity contribution in [3.63, 3.8) is 0 Å². The van der Waals surface area contributed by atoms with Crippen LogP contribution in [-0.2, 0) is 19.4 Å². The SMILES string of the molecule is CCc1nc(NC)c(C)c(NCc2ncc(CC)o2)n1. The molecule has 2 N–H and O–H groups in total. The molecule has 0 atom stereocenters. The van der Waals surface area contributed by atoms with Crippen LogP contribution in [0.15, 0.2) is 10.6 Å². The number of hydrogen-bond acceptors (Lipinski definition) is 6. The first kappa shape index (κ1) is 14.3. The molecule has 0 bridgehead atoms. The molecule has 2 rings (SSSR count). The molecule has 20 heavy (non-hydrogen) atoms. The normalized spacial score (nSPS) is 10.6. The first-order chi connectivity index (χ1) is 9.67. The molecule has 0 spiro atoms. The molecule has 0 aliphatic heterocycles. The Hall–Kier alpha value is -2.11. The fourth-order valence-electron chi connectivity index (χ4n) is 1.89. The van der Waals surface area contributed by atoms with Crippen molar-refractivity contribution < 1.29 is 4.42 Å². The minimum absolute atomic E-state index is 0.518. The van der Waals surface area contributed by atoms with Gasteiger partial charge in [0.05, 0.1) is 12.7 Å². The summed E-state index contributed by atoms with van der Waals surface area (Å²) in [6.45, 7) is 6.58. The first-order valence-corrected chi connectivity index (χ1v) is 6.90. The van der Waals surface area contributed by atoms with E-state index < -0.39 is 0 Å². The molecule has 6 heteroatoms. The van der Waals surface area contributed by atoms with Crippen LogP contribution in [0.4, 0.5) is 11.6 Å². The van der Waals surface area contributed by atoms with Crippen LogP contribution in [0.5, 0.6) is 0 Å². The lowest BCUT2D eigenvalue weighted by Crippen LogP contribution is -2.09. The Morgan fingerprint density at radius 2 is 1.90 bits per heavy atom. The van der Waals surface area contributed by atoms with E-state index in [0.717, 1.165) is 41.6 Å². The lowest BCUT2D eigenvalue weighted by Gasteiger charge is -2.12. The van der Waals surface area contributed by atoms with Gasteiger partial charge in [0.25, 0.3) is 0 Å².